The SMILES string of the molecule is COC(=O)[C@H]1Cc2c([nH]c3ccccc23)[C@H](c2ccc(C(=O)NCCCC(c3ccccc3)c3ccccc3)cc2)N1C(=O)CCl. The predicted molar refractivity (Wildman–Crippen MR) is 180 cm³/mol. The molecule has 0 bridgehead atoms. The number of carbonyl (C=O) groups is 3. The number of nitrogens with one attached hydrogen (secondary N) is 2. The van der Waals surface area contributed by atoms with Crippen molar-refractivity contribution >= 4 is 40.3 Å². The summed E-state index contributed by atoms with van der Waals surface area (Å²) in [5.41, 5.74) is 6.48. The molecule has 1 aliphatic rings. The summed E-state index contributed by atoms with van der Waals surface area (Å²) >= 11 is 6.07. The highest BCUT2D eigenvalue weighted by Gasteiger charge is 2.43. The number of alkyl halides is 1. The minimum Gasteiger partial charge on any atom is -0.467 e. The Bertz CT molecular complexity index is 1780. The number of methoxy groups -OCH3 is 1. The van der Waals surface area contributed by atoms with E-state index >= 15 is 0 Å². The van der Waals surface area contributed by atoms with E-state index in [9.17, 15) is 14.4 Å². The second-order valence-electron chi connectivity index (χ2n) is 11.5. The average Bonchev–Trinajstić information content (AvgIpc) is 3.49. The van der Waals surface area contributed by atoms with E-state index in [1.54, 1.807) is 12.1 Å². The van der Waals surface area contributed by atoms with Crippen molar-refractivity contribution in [2.75, 3.05) is 19.5 Å². The molecule has 0 aliphatic carbocycles. The molecule has 1 aromatic heterocycles. The van der Waals surface area contributed by atoms with Crippen LogP contribution in [0.4, 0.5) is 0 Å². The number of aromatic amines is 1. The molecule has 2 amide bonds. The van der Waals surface area contributed by atoms with Crippen LogP contribution in [0.5, 0.6) is 0 Å². The lowest BCUT2D eigenvalue weighted by Gasteiger charge is -2.40. The smallest absolute Gasteiger partial charge is 0.328 e. The topological polar surface area (TPSA) is 91.5 Å². The zero-order valence-electron chi connectivity index (χ0n) is 25.6. The maximum absolute atomic E-state index is 13.3. The summed E-state index contributed by atoms with van der Waals surface area (Å²) < 4.78 is 5.13. The summed E-state index contributed by atoms with van der Waals surface area (Å²) in [4.78, 5) is 44.4. The molecule has 6 rings (SSSR count). The van der Waals surface area contributed by atoms with Crippen LogP contribution in [0.2, 0.25) is 0 Å². The maximum atomic E-state index is 13.3. The minimum atomic E-state index is -0.841. The standard InChI is InChI=1S/C38H36ClN3O4/c1-46-38(45)33-23-31-30-15-8-9-17-32(30)41-35(31)36(42(33)34(43)24-39)27-18-20-28(21-19-27)37(44)40-22-10-16-29(25-11-4-2-5-12-25)26-13-6-3-7-14-26/h2-9,11-15,17-21,29,33,36,41H,10,16,22-24H2,1H3,(H,40,44)/t33-,36+/m1/s1. The Morgan fingerprint density at radius 3 is 2.15 bits per heavy atom. The van der Waals surface area contributed by atoms with Crippen LogP contribution in [0.3, 0.4) is 0 Å². The Morgan fingerprint density at radius 1 is 0.891 bits per heavy atom. The molecule has 2 heterocycles. The summed E-state index contributed by atoms with van der Waals surface area (Å²) in [5, 5.41) is 4.06. The van der Waals surface area contributed by atoms with Crippen molar-refractivity contribution in [2.45, 2.75) is 37.3 Å². The van der Waals surface area contributed by atoms with Crippen molar-refractivity contribution in [3.8, 4) is 0 Å². The van der Waals surface area contributed by atoms with Crippen molar-refractivity contribution in [1.29, 1.82) is 0 Å². The normalized spacial score (nSPS) is 15.8. The number of H-pyrrole nitrogens is 1. The first kappa shape index (κ1) is 31.1. The molecular weight excluding hydrogens is 598 g/mol. The molecule has 5 aromatic rings. The van der Waals surface area contributed by atoms with E-state index in [0.717, 1.165) is 40.6 Å². The van der Waals surface area contributed by atoms with E-state index in [1.165, 1.54) is 23.1 Å². The third-order valence-corrected chi connectivity index (χ3v) is 9.08. The number of ether oxygens (including phenoxy) is 1. The van der Waals surface area contributed by atoms with Gasteiger partial charge in [0, 0.05) is 41.0 Å². The number of esters is 1. The number of fused-ring (bicyclic) bond motifs is 3. The van der Waals surface area contributed by atoms with Gasteiger partial charge in [-0.2, -0.15) is 0 Å². The van der Waals surface area contributed by atoms with Gasteiger partial charge >= 0.3 is 5.97 Å². The van der Waals surface area contributed by atoms with Crippen molar-refractivity contribution in [3.63, 3.8) is 0 Å². The number of carbonyl (C=O) groups excluding carboxylic acids is 3. The van der Waals surface area contributed by atoms with E-state index in [0.29, 0.717) is 18.5 Å². The van der Waals surface area contributed by atoms with Crippen LogP contribution in [-0.2, 0) is 20.7 Å². The Labute approximate surface area is 273 Å². The number of hydrogen-bond donors (Lipinski definition) is 2. The van der Waals surface area contributed by atoms with Gasteiger partial charge in [0.1, 0.15) is 11.9 Å². The van der Waals surface area contributed by atoms with Gasteiger partial charge in [0.15, 0.2) is 0 Å². The fraction of sp³-hybridized carbons (Fsp3) is 0.237. The third-order valence-electron chi connectivity index (χ3n) is 8.85. The molecule has 0 fully saturated rings. The van der Waals surface area contributed by atoms with Crippen LogP contribution in [-0.4, -0.2) is 53.2 Å². The van der Waals surface area contributed by atoms with Gasteiger partial charge in [0.25, 0.3) is 5.91 Å². The molecule has 4 aromatic carbocycles. The summed E-state index contributed by atoms with van der Waals surface area (Å²) in [6, 6.07) is 34.5. The number of hydrogen-bond acceptors (Lipinski definition) is 4. The fourth-order valence-electron chi connectivity index (χ4n) is 6.66. The minimum absolute atomic E-state index is 0.168. The van der Waals surface area contributed by atoms with Gasteiger partial charge in [-0.15, -0.1) is 11.6 Å². The lowest BCUT2D eigenvalue weighted by atomic mass is 9.87. The van der Waals surface area contributed by atoms with Gasteiger partial charge in [0.2, 0.25) is 5.91 Å². The number of halogens is 1. The lowest BCUT2D eigenvalue weighted by Crippen LogP contribution is -2.52. The fourth-order valence-corrected chi connectivity index (χ4v) is 6.79. The molecule has 0 saturated carbocycles. The quantitative estimate of drug-likeness (QED) is 0.101. The highest BCUT2D eigenvalue weighted by Crippen LogP contribution is 2.41. The van der Waals surface area contributed by atoms with E-state index in [2.05, 4.69) is 58.8 Å². The zero-order chi connectivity index (χ0) is 32.0. The molecule has 1 aliphatic heterocycles. The molecule has 2 atom stereocenters. The summed E-state index contributed by atoms with van der Waals surface area (Å²) in [7, 11) is 1.32. The number of aromatic nitrogens is 1. The van der Waals surface area contributed by atoms with Crippen molar-refractivity contribution < 1.29 is 19.1 Å². The first-order valence-corrected chi connectivity index (χ1v) is 16.1. The highest BCUT2D eigenvalue weighted by molar-refractivity contribution is 6.27. The predicted octanol–water partition coefficient (Wildman–Crippen LogP) is 6.76. The van der Waals surface area contributed by atoms with Gasteiger partial charge in [-0.3, -0.25) is 9.59 Å². The molecule has 0 unspecified atom stereocenters. The van der Waals surface area contributed by atoms with Gasteiger partial charge in [0.05, 0.1) is 13.2 Å². The summed E-state index contributed by atoms with van der Waals surface area (Å²) in [6.07, 6.45) is 2.02. The van der Waals surface area contributed by atoms with Crippen LogP contribution < -0.4 is 5.32 Å². The van der Waals surface area contributed by atoms with Crippen LogP contribution in [0.15, 0.2) is 109 Å². The highest BCUT2D eigenvalue weighted by atomic mass is 35.5. The number of nitrogens with zero attached hydrogens (tertiary/aromatic N) is 1. The molecule has 7 nitrogen and oxygen atoms in total. The molecular formula is C38H36ClN3O4. The van der Waals surface area contributed by atoms with Crippen LogP contribution in [0, 0.1) is 0 Å². The number of rotatable bonds is 10. The van der Waals surface area contributed by atoms with Gasteiger partial charge in [-0.05, 0) is 53.3 Å². The molecule has 234 valence electrons. The molecule has 8 heteroatoms. The molecule has 0 radical (unpaired) electrons. The Kier molecular flexibility index (Phi) is 9.50. The molecule has 46 heavy (non-hydrogen) atoms. The van der Waals surface area contributed by atoms with Crippen molar-refractivity contribution in [3.05, 3.63) is 143 Å². The van der Waals surface area contributed by atoms with Crippen molar-refractivity contribution in [1.82, 2.24) is 15.2 Å². The largest absolute Gasteiger partial charge is 0.467 e. The van der Waals surface area contributed by atoms with Crippen molar-refractivity contribution in [2.24, 2.45) is 0 Å². The van der Waals surface area contributed by atoms with Gasteiger partial charge in [-0.25, -0.2) is 4.79 Å². The third kappa shape index (κ3) is 6.28. The summed E-state index contributed by atoms with van der Waals surface area (Å²) in [6.45, 7) is 0.538. The lowest BCUT2D eigenvalue weighted by molar-refractivity contribution is -0.154. The Balaban J connectivity index is 1.20. The maximum Gasteiger partial charge on any atom is 0.328 e. The number of benzene rings is 4. The second kappa shape index (κ2) is 14.0. The Morgan fingerprint density at radius 2 is 1.52 bits per heavy atom. The van der Waals surface area contributed by atoms with E-state index in [1.807, 2.05) is 48.5 Å². The van der Waals surface area contributed by atoms with E-state index in [-0.39, 0.29) is 23.6 Å². The summed E-state index contributed by atoms with van der Waals surface area (Å²) in [5.74, 6) is -1.08. The van der Waals surface area contributed by atoms with Crippen LogP contribution in [0.25, 0.3) is 10.9 Å². The van der Waals surface area contributed by atoms with Gasteiger partial charge in [-0.1, -0.05) is 91.0 Å². The number of amides is 2. The number of para-hydroxylation sites is 1. The Hall–Kier alpha value is -4.88. The second-order valence-corrected chi connectivity index (χ2v) is 11.8. The first-order chi connectivity index (χ1) is 22.5. The van der Waals surface area contributed by atoms with Crippen LogP contribution >= 0.6 is 11.6 Å². The van der Waals surface area contributed by atoms with E-state index < -0.39 is 18.1 Å². The van der Waals surface area contributed by atoms with Crippen LogP contribution in [0.1, 0.15) is 63.1 Å². The van der Waals surface area contributed by atoms with E-state index in [4.69, 9.17) is 16.3 Å². The average molecular weight is 634 g/mol. The molecule has 0 spiro atoms. The first-order valence-electron chi connectivity index (χ1n) is 15.5. The van der Waals surface area contributed by atoms with Gasteiger partial charge < -0.3 is 19.9 Å². The molecule has 2 N–H and O–H groups in total. The monoisotopic (exact) mass is 633 g/mol. The zero-order valence-corrected chi connectivity index (χ0v) is 26.4. The molecule has 0 saturated heterocycles.